The lowest BCUT2D eigenvalue weighted by atomic mass is 10.0. The Morgan fingerprint density at radius 3 is 2.71 bits per heavy atom. The Balaban J connectivity index is 1.86. The second kappa shape index (κ2) is 8.78. The Bertz CT molecular complexity index is 1090. The average Bonchev–Trinajstić information content (AvgIpc) is 3.13. The van der Waals surface area contributed by atoms with Gasteiger partial charge in [0.25, 0.3) is 0 Å². The highest BCUT2D eigenvalue weighted by molar-refractivity contribution is 5.85. The second-order valence-corrected chi connectivity index (χ2v) is 7.58. The van der Waals surface area contributed by atoms with Gasteiger partial charge in [0.1, 0.15) is 18.1 Å². The molecule has 31 heavy (non-hydrogen) atoms. The topological polar surface area (TPSA) is 119 Å². The monoisotopic (exact) mass is 437 g/mol. The summed E-state index contributed by atoms with van der Waals surface area (Å²) in [4.78, 5) is 35.0. The van der Waals surface area contributed by atoms with Crippen molar-refractivity contribution in [3.8, 4) is 11.1 Å². The fourth-order valence-corrected chi connectivity index (χ4v) is 3.23. The summed E-state index contributed by atoms with van der Waals surface area (Å²) in [5.74, 6) is -2.77. The molecule has 2 atom stereocenters. The number of pyridine rings is 1. The van der Waals surface area contributed by atoms with E-state index in [1.165, 1.54) is 6.20 Å². The lowest BCUT2D eigenvalue weighted by molar-refractivity contribution is -0.139. The van der Waals surface area contributed by atoms with Crippen LogP contribution in [0.3, 0.4) is 0 Å². The summed E-state index contributed by atoms with van der Waals surface area (Å²) in [6.07, 6.45) is 1.84. The normalized spacial score (nSPS) is 16.6. The second-order valence-electron chi connectivity index (χ2n) is 7.58. The van der Waals surface area contributed by atoms with Gasteiger partial charge in [-0.2, -0.15) is 13.2 Å². The molecule has 11 heteroatoms. The number of aromatic amines is 1. The summed E-state index contributed by atoms with van der Waals surface area (Å²) in [7, 11) is 0. The van der Waals surface area contributed by atoms with Crippen molar-refractivity contribution >= 4 is 23.6 Å². The van der Waals surface area contributed by atoms with E-state index in [9.17, 15) is 27.9 Å². The highest BCUT2D eigenvalue weighted by atomic mass is 19.4. The highest BCUT2D eigenvalue weighted by Gasteiger charge is 2.30. The van der Waals surface area contributed by atoms with Gasteiger partial charge in [-0.25, -0.2) is 0 Å². The number of aliphatic carboxylic acids is 1. The fraction of sp³-hybridized carbons (Fsp3) is 0.400. The minimum Gasteiger partial charge on any atom is -0.481 e. The Morgan fingerprint density at radius 1 is 1.32 bits per heavy atom. The van der Waals surface area contributed by atoms with Gasteiger partial charge in [0, 0.05) is 34.9 Å². The lowest BCUT2D eigenvalue weighted by Crippen LogP contribution is -2.46. The summed E-state index contributed by atoms with van der Waals surface area (Å²) in [6.45, 7) is 2.17. The van der Waals surface area contributed by atoms with E-state index in [0.29, 0.717) is 27.5 Å². The lowest BCUT2D eigenvalue weighted by Gasteiger charge is -2.23. The SMILES string of the molecule is CC(C)C(Nc1cncc(-c2c[nH]c3c2=CC(C(=O)O)CN=3)c1)C(=O)NCC(F)(F)F. The number of anilines is 1. The standard InChI is InChI=1S/C20H22F3N5O3/c1-10(2)16(18(29)27-9-20(21,22)23)28-13-3-11(5-24-7-13)15-8-26-17-14(15)4-12(6-25-17)19(30)31/h3-5,7-8,10,12,16,28H,6,9H2,1-2H3,(H,25,26)(H,27,29)(H,30,31). The van der Waals surface area contributed by atoms with Crippen LogP contribution < -0.4 is 21.3 Å². The zero-order valence-electron chi connectivity index (χ0n) is 16.8. The van der Waals surface area contributed by atoms with Crippen molar-refractivity contribution in [1.29, 1.82) is 0 Å². The summed E-state index contributed by atoms with van der Waals surface area (Å²) in [6, 6.07) is 0.790. The van der Waals surface area contributed by atoms with E-state index in [1.807, 2.05) is 5.32 Å². The van der Waals surface area contributed by atoms with Crippen molar-refractivity contribution in [3.63, 3.8) is 0 Å². The fourth-order valence-electron chi connectivity index (χ4n) is 3.23. The molecule has 166 valence electrons. The van der Waals surface area contributed by atoms with E-state index in [2.05, 4.69) is 20.3 Å². The number of carboxylic acids is 1. The average molecular weight is 437 g/mol. The van der Waals surface area contributed by atoms with Crippen molar-refractivity contribution in [2.75, 3.05) is 18.4 Å². The largest absolute Gasteiger partial charge is 0.481 e. The van der Waals surface area contributed by atoms with Crippen LogP contribution in [0.2, 0.25) is 0 Å². The van der Waals surface area contributed by atoms with Gasteiger partial charge < -0.3 is 20.7 Å². The van der Waals surface area contributed by atoms with Crippen LogP contribution in [0, 0.1) is 11.8 Å². The first kappa shape index (κ1) is 22.3. The van der Waals surface area contributed by atoms with Crippen molar-refractivity contribution < 1.29 is 27.9 Å². The number of aromatic nitrogens is 2. The van der Waals surface area contributed by atoms with Gasteiger partial charge in [-0.05, 0) is 12.0 Å². The van der Waals surface area contributed by atoms with Gasteiger partial charge >= 0.3 is 12.1 Å². The molecule has 1 aliphatic rings. The van der Waals surface area contributed by atoms with Crippen molar-refractivity contribution in [2.24, 2.45) is 16.8 Å². The van der Waals surface area contributed by atoms with E-state index in [4.69, 9.17) is 0 Å². The molecule has 0 aliphatic carbocycles. The van der Waals surface area contributed by atoms with Crippen LogP contribution in [0.1, 0.15) is 13.8 Å². The number of carbonyl (C=O) groups excluding carboxylic acids is 1. The Kier molecular flexibility index (Phi) is 6.32. The molecule has 0 radical (unpaired) electrons. The Labute approximate surface area is 175 Å². The summed E-state index contributed by atoms with van der Waals surface area (Å²) < 4.78 is 37.3. The molecule has 2 aromatic heterocycles. The van der Waals surface area contributed by atoms with Gasteiger partial charge in [-0.15, -0.1) is 0 Å². The van der Waals surface area contributed by atoms with Crippen molar-refractivity contribution in [1.82, 2.24) is 15.3 Å². The minimum absolute atomic E-state index is 0.144. The van der Waals surface area contributed by atoms with Crippen LogP contribution in [0.25, 0.3) is 17.2 Å². The number of amides is 1. The van der Waals surface area contributed by atoms with Crippen molar-refractivity contribution in [3.05, 3.63) is 35.4 Å². The first-order chi connectivity index (χ1) is 14.5. The number of fused-ring (bicyclic) bond motifs is 1. The Hall–Kier alpha value is -3.37. The quantitative estimate of drug-likeness (QED) is 0.521. The minimum atomic E-state index is -4.50. The number of H-pyrrole nitrogens is 1. The maximum absolute atomic E-state index is 12.4. The van der Waals surface area contributed by atoms with Gasteiger partial charge in [0.2, 0.25) is 5.91 Å². The number of hydrogen-bond donors (Lipinski definition) is 4. The molecule has 0 saturated heterocycles. The smallest absolute Gasteiger partial charge is 0.405 e. The van der Waals surface area contributed by atoms with E-state index in [0.717, 1.165) is 0 Å². The van der Waals surface area contributed by atoms with Crippen LogP contribution in [-0.2, 0) is 9.59 Å². The van der Waals surface area contributed by atoms with Crippen LogP contribution in [-0.4, -0.2) is 52.3 Å². The molecule has 1 amide bonds. The molecule has 1 aliphatic heterocycles. The molecule has 0 saturated carbocycles. The third-order valence-corrected chi connectivity index (χ3v) is 4.81. The maximum Gasteiger partial charge on any atom is 0.405 e. The summed E-state index contributed by atoms with van der Waals surface area (Å²) in [5, 5.41) is 14.8. The molecule has 0 bridgehead atoms. The molecular formula is C20H22F3N5O3. The zero-order chi connectivity index (χ0) is 22.8. The third kappa shape index (κ3) is 5.41. The number of hydrogen-bond acceptors (Lipinski definition) is 5. The number of rotatable bonds is 7. The molecule has 3 heterocycles. The predicted molar refractivity (Wildman–Crippen MR) is 107 cm³/mol. The summed E-state index contributed by atoms with van der Waals surface area (Å²) in [5.41, 5.74) is 2.33. The number of nitrogens with one attached hydrogen (secondary N) is 3. The van der Waals surface area contributed by atoms with Gasteiger partial charge in [-0.1, -0.05) is 19.9 Å². The number of halogens is 3. The van der Waals surface area contributed by atoms with Crippen LogP contribution in [0.15, 0.2) is 29.6 Å². The van der Waals surface area contributed by atoms with E-state index in [1.54, 1.807) is 38.4 Å². The van der Waals surface area contributed by atoms with E-state index >= 15 is 0 Å². The van der Waals surface area contributed by atoms with Crippen molar-refractivity contribution in [2.45, 2.75) is 26.1 Å². The number of carboxylic acid groups (broad SMARTS) is 1. The molecule has 2 aromatic rings. The molecule has 0 fully saturated rings. The summed E-state index contributed by atoms with van der Waals surface area (Å²) >= 11 is 0. The first-order valence-corrected chi connectivity index (χ1v) is 9.58. The first-order valence-electron chi connectivity index (χ1n) is 9.58. The predicted octanol–water partition coefficient (Wildman–Crippen LogP) is 1.31. The molecule has 8 nitrogen and oxygen atoms in total. The molecule has 0 aromatic carbocycles. The van der Waals surface area contributed by atoms with Crippen LogP contribution in [0.4, 0.5) is 18.9 Å². The third-order valence-electron chi connectivity index (χ3n) is 4.81. The van der Waals surface area contributed by atoms with Crippen LogP contribution in [0.5, 0.6) is 0 Å². The van der Waals surface area contributed by atoms with Gasteiger partial charge in [0.15, 0.2) is 0 Å². The molecule has 4 N–H and O–H groups in total. The molecule has 2 unspecified atom stereocenters. The number of carbonyl (C=O) groups is 2. The van der Waals surface area contributed by atoms with Gasteiger partial charge in [-0.3, -0.25) is 19.6 Å². The van der Waals surface area contributed by atoms with Crippen LogP contribution >= 0.6 is 0 Å². The zero-order valence-corrected chi connectivity index (χ0v) is 16.8. The van der Waals surface area contributed by atoms with E-state index < -0.39 is 36.6 Å². The number of alkyl halides is 3. The number of nitrogens with zero attached hydrogens (tertiary/aromatic N) is 2. The van der Waals surface area contributed by atoms with E-state index in [-0.39, 0.29) is 12.5 Å². The Morgan fingerprint density at radius 2 is 2.06 bits per heavy atom. The molecular weight excluding hydrogens is 415 g/mol. The maximum atomic E-state index is 12.4. The van der Waals surface area contributed by atoms with Gasteiger partial charge in [0.05, 0.1) is 18.2 Å². The highest BCUT2D eigenvalue weighted by Crippen LogP contribution is 2.21. The molecule has 0 spiro atoms. The molecule has 3 rings (SSSR count).